The second-order valence-electron chi connectivity index (χ2n) is 6.28. The fourth-order valence-electron chi connectivity index (χ4n) is 2.55. The second kappa shape index (κ2) is 8.62. The molecule has 0 aliphatic carbocycles. The minimum Gasteiger partial charge on any atom is -0.378 e. The number of nitrogens with one attached hydrogen (secondary N) is 1. The van der Waals surface area contributed by atoms with Gasteiger partial charge in [0.15, 0.2) is 0 Å². The molecule has 2 aromatic carbocycles. The molecule has 0 unspecified atom stereocenters. The number of thioether (sulfide) groups is 1. The van der Waals surface area contributed by atoms with Crippen LogP contribution in [0.25, 0.3) is 6.08 Å². The molecule has 3 amide bonds. The van der Waals surface area contributed by atoms with Gasteiger partial charge in [0.1, 0.15) is 6.54 Å². The Hall–Kier alpha value is -2.58. The number of nitrogens with zero attached hydrogens (tertiary/aromatic N) is 2. The lowest BCUT2D eigenvalue weighted by atomic mass is 10.2. The highest BCUT2D eigenvalue weighted by molar-refractivity contribution is 9.10. The third-order valence-corrected chi connectivity index (χ3v) is 5.63. The number of amides is 3. The van der Waals surface area contributed by atoms with E-state index in [2.05, 4.69) is 21.2 Å². The van der Waals surface area contributed by atoms with E-state index in [9.17, 15) is 14.4 Å². The largest absolute Gasteiger partial charge is 0.378 e. The molecule has 6 nitrogen and oxygen atoms in total. The van der Waals surface area contributed by atoms with Crippen molar-refractivity contribution in [2.45, 2.75) is 0 Å². The van der Waals surface area contributed by atoms with Crippen molar-refractivity contribution in [3.05, 3.63) is 63.5 Å². The summed E-state index contributed by atoms with van der Waals surface area (Å²) in [5.74, 6) is -0.903. The molecule has 8 heteroatoms. The third-order valence-electron chi connectivity index (χ3n) is 4.03. The van der Waals surface area contributed by atoms with E-state index in [0.717, 1.165) is 32.4 Å². The maximum absolute atomic E-state index is 12.6. The second-order valence-corrected chi connectivity index (χ2v) is 8.13. The van der Waals surface area contributed by atoms with Gasteiger partial charge in [0, 0.05) is 24.3 Å². The molecule has 1 heterocycles. The molecule has 0 saturated carbocycles. The smallest absolute Gasteiger partial charge is 0.294 e. The van der Waals surface area contributed by atoms with Gasteiger partial charge in [-0.3, -0.25) is 19.3 Å². The molecular formula is C20H18BrN3O3S. The number of benzene rings is 2. The van der Waals surface area contributed by atoms with Crippen molar-refractivity contribution in [3.8, 4) is 0 Å². The average molecular weight is 460 g/mol. The van der Waals surface area contributed by atoms with Crippen LogP contribution in [-0.2, 0) is 9.59 Å². The van der Waals surface area contributed by atoms with Crippen LogP contribution in [0.4, 0.5) is 16.2 Å². The normalized spacial score (nSPS) is 15.2. The Bertz CT molecular complexity index is 957. The van der Waals surface area contributed by atoms with Gasteiger partial charge in [0.25, 0.3) is 11.1 Å². The first-order valence-corrected chi connectivity index (χ1v) is 10.0. The zero-order valence-electron chi connectivity index (χ0n) is 15.3. The number of hydrogen-bond donors (Lipinski definition) is 1. The van der Waals surface area contributed by atoms with Crippen LogP contribution in [0.2, 0.25) is 0 Å². The molecule has 144 valence electrons. The monoisotopic (exact) mass is 459 g/mol. The highest BCUT2D eigenvalue weighted by Gasteiger charge is 2.36. The Morgan fingerprint density at radius 2 is 1.82 bits per heavy atom. The van der Waals surface area contributed by atoms with Crippen LogP contribution < -0.4 is 10.2 Å². The Morgan fingerprint density at radius 3 is 2.46 bits per heavy atom. The summed E-state index contributed by atoms with van der Waals surface area (Å²) >= 11 is 4.18. The molecule has 3 rings (SSSR count). The van der Waals surface area contributed by atoms with Crippen LogP contribution in [0, 0.1) is 0 Å². The zero-order chi connectivity index (χ0) is 20.3. The minimum atomic E-state index is -0.464. The summed E-state index contributed by atoms with van der Waals surface area (Å²) in [5, 5.41) is 2.24. The Morgan fingerprint density at radius 1 is 1.14 bits per heavy atom. The molecule has 1 N–H and O–H groups in total. The van der Waals surface area contributed by atoms with Gasteiger partial charge in [0.05, 0.1) is 10.6 Å². The molecule has 0 atom stereocenters. The SMILES string of the molecule is CN(C)c1ccc(/C=C2/SC(=O)N(CC(=O)Nc3ccccc3Br)C2=O)cc1. The molecule has 2 aromatic rings. The van der Waals surface area contributed by atoms with Gasteiger partial charge < -0.3 is 10.2 Å². The lowest BCUT2D eigenvalue weighted by Crippen LogP contribution is -2.36. The number of rotatable bonds is 5. The maximum atomic E-state index is 12.6. The third kappa shape index (κ3) is 4.63. The lowest BCUT2D eigenvalue weighted by Gasteiger charge is -2.13. The number of halogens is 1. The van der Waals surface area contributed by atoms with E-state index >= 15 is 0 Å². The lowest BCUT2D eigenvalue weighted by molar-refractivity contribution is -0.127. The van der Waals surface area contributed by atoms with Crippen LogP contribution in [0.3, 0.4) is 0 Å². The molecule has 0 bridgehead atoms. The fraction of sp³-hybridized carbons (Fsp3) is 0.150. The van der Waals surface area contributed by atoms with Crippen molar-refractivity contribution in [2.24, 2.45) is 0 Å². The molecule has 1 aliphatic rings. The predicted molar refractivity (Wildman–Crippen MR) is 116 cm³/mol. The Kier molecular flexibility index (Phi) is 6.21. The van der Waals surface area contributed by atoms with Gasteiger partial charge in [-0.15, -0.1) is 0 Å². The summed E-state index contributed by atoms with van der Waals surface area (Å²) in [4.78, 5) is 40.3. The van der Waals surface area contributed by atoms with Crippen LogP contribution in [0.15, 0.2) is 57.9 Å². The molecule has 0 spiro atoms. The summed E-state index contributed by atoms with van der Waals surface area (Å²) in [6.45, 7) is -0.330. The van der Waals surface area contributed by atoms with E-state index < -0.39 is 17.1 Å². The molecule has 28 heavy (non-hydrogen) atoms. The standard InChI is InChI=1S/C20H18BrN3O3S/c1-23(2)14-9-7-13(8-10-14)11-17-19(26)24(20(27)28-17)12-18(25)22-16-6-4-3-5-15(16)21/h3-11H,12H2,1-2H3,(H,22,25)/b17-11+. The summed E-state index contributed by atoms with van der Waals surface area (Å²) in [6.07, 6.45) is 1.66. The number of para-hydroxylation sites is 1. The van der Waals surface area contributed by atoms with Gasteiger partial charge in [0.2, 0.25) is 5.91 Å². The first-order chi connectivity index (χ1) is 13.3. The summed E-state index contributed by atoms with van der Waals surface area (Å²) < 4.78 is 0.721. The first-order valence-electron chi connectivity index (χ1n) is 8.42. The number of carbonyl (C=O) groups is 3. The van der Waals surface area contributed by atoms with Crippen molar-refractivity contribution in [1.82, 2.24) is 4.90 Å². The van der Waals surface area contributed by atoms with Crippen molar-refractivity contribution in [1.29, 1.82) is 0 Å². The number of imide groups is 1. The quantitative estimate of drug-likeness (QED) is 0.678. The number of anilines is 2. The van der Waals surface area contributed by atoms with Gasteiger partial charge in [-0.2, -0.15) is 0 Å². The average Bonchev–Trinajstić information content (AvgIpc) is 2.91. The highest BCUT2D eigenvalue weighted by Crippen LogP contribution is 2.32. The molecule has 1 saturated heterocycles. The molecule has 0 aromatic heterocycles. The Balaban J connectivity index is 1.69. The topological polar surface area (TPSA) is 69.7 Å². The summed E-state index contributed by atoms with van der Waals surface area (Å²) in [5.41, 5.74) is 2.43. The van der Waals surface area contributed by atoms with Crippen molar-refractivity contribution >= 4 is 62.2 Å². The van der Waals surface area contributed by atoms with Crippen LogP contribution in [-0.4, -0.2) is 42.6 Å². The van der Waals surface area contributed by atoms with Crippen LogP contribution in [0.1, 0.15) is 5.56 Å². The van der Waals surface area contributed by atoms with Crippen molar-refractivity contribution < 1.29 is 14.4 Å². The summed E-state index contributed by atoms with van der Waals surface area (Å²) in [7, 11) is 3.89. The zero-order valence-corrected chi connectivity index (χ0v) is 17.7. The van der Waals surface area contributed by atoms with Crippen LogP contribution >= 0.6 is 27.7 Å². The molecule has 1 aliphatic heterocycles. The molecular weight excluding hydrogens is 442 g/mol. The first kappa shape index (κ1) is 20.2. The predicted octanol–water partition coefficient (Wildman–Crippen LogP) is 4.19. The maximum Gasteiger partial charge on any atom is 0.294 e. The van der Waals surface area contributed by atoms with E-state index in [1.165, 1.54) is 0 Å². The fourth-order valence-corrected chi connectivity index (χ4v) is 3.77. The number of carbonyl (C=O) groups excluding carboxylic acids is 3. The summed E-state index contributed by atoms with van der Waals surface area (Å²) in [6, 6.07) is 14.7. The molecule has 1 fully saturated rings. The Labute approximate surface area is 175 Å². The van der Waals surface area contributed by atoms with E-state index in [4.69, 9.17) is 0 Å². The van der Waals surface area contributed by atoms with Gasteiger partial charge >= 0.3 is 0 Å². The van der Waals surface area contributed by atoms with Crippen molar-refractivity contribution in [3.63, 3.8) is 0 Å². The van der Waals surface area contributed by atoms with Crippen molar-refractivity contribution in [2.75, 3.05) is 30.9 Å². The van der Waals surface area contributed by atoms with Gasteiger partial charge in [-0.1, -0.05) is 24.3 Å². The van der Waals surface area contributed by atoms with E-state index in [0.29, 0.717) is 10.6 Å². The number of hydrogen-bond acceptors (Lipinski definition) is 5. The van der Waals surface area contributed by atoms with E-state index in [-0.39, 0.29) is 6.54 Å². The minimum absolute atomic E-state index is 0.302. The van der Waals surface area contributed by atoms with Gasteiger partial charge in [-0.25, -0.2) is 0 Å². The highest BCUT2D eigenvalue weighted by atomic mass is 79.9. The molecule has 0 radical (unpaired) electrons. The van der Waals surface area contributed by atoms with Crippen LogP contribution in [0.5, 0.6) is 0 Å². The van der Waals surface area contributed by atoms with E-state index in [1.54, 1.807) is 24.3 Å². The van der Waals surface area contributed by atoms with Gasteiger partial charge in [-0.05, 0) is 63.6 Å². The van der Waals surface area contributed by atoms with E-state index in [1.807, 2.05) is 49.3 Å².